The second kappa shape index (κ2) is 45.9. The molecule has 600 valence electrons. The highest BCUT2D eigenvalue weighted by atomic mass is 16.5. The predicted octanol–water partition coefficient (Wildman–Crippen LogP) is 10.2. The maximum absolute atomic E-state index is 13.6. The van der Waals surface area contributed by atoms with Crippen LogP contribution in [0.5, 0.6) is 0 Å². The third-order valence-corrected chi connectivity index (χ3v) is 19.7. The summed E-state index contributed by atoms with van der Waals surface area (Å²) in [5.74, 6) is -7.59. The van der Waals surface area contributed by atoms with E-state index >= 15 is 0 Å². The van der Waals surface area contributed by atoms with Crippen LogP contribution in [0.3, 0.4) is 0 Å². The van der Waals surface area contributed by atoms with Crippen molar-refractivity contribution in [2.24, 2.45) is 41.2 Å². The Bertz CT molecular complexity index is 3830. The van der Waals surface area contributed by atoms with E-state index in [0.717, 1.165) is 33.4 Å². The highest BCUT2D eigenvalue weighted by Crippen LogP contribution is 2.27. The van der Waals surface area contributed by atoms with Crippen LogP contribution >= 0.6 is 0 Å². The fourth-order valence-electron chi connectivity index (χ4n) is 14.0. The van der Waals surface area contributed by atoms with Crippen molar-refractivity contribution in [2.45, 2.75) is 194 Å². The van der Waals surface area contributed by atoms with Gasteiger partial charge in [-0.15, -0.1) is 0 Å². The molecule has 0 saturated carbocycles. The van der Waals surface area contributed by atoms with Crippen LogP contribution in [0, 0.1) is 35.5 Å². The number of amides is 7. The minimum absolute atomic E-state index is 0.0866. The molecule has 0 unspecified atom stereocenters. The van der Waals surface area contributed by atoms with Crippen LogP contribution in [0.25, 0.3) is 0 Å². The van der Waals surface area contributed by atoms with Crippen molar-refractivity contribution in [3.05, 3.63) is 215 Å². The van der Waals surface area contributed by atoms with E-state index in [1.165, 1.54) is 21.8 Å². The lowest BCUT2D eigenvalue weighted by atomic mass is 9.94. The number of carbonyl (C=O) groups excluding carboxylic acids is 11. The molecule has 0 bridgehead atoms. The first-order valence-corrected chi connectivity index (χ1v) is 38.9. The molecule has 6 aromatic carbocycles. The summed E-state index contributed by atoms with van der Waals surface area (Å²) in [6.45, 7) is 13.3. The topological polar surface area (TPSA) is 334 Å². The van der Waals surface area contributed by atoms with E-state index in [0.29, 0.717) is 96.7 Å². The summed E-state index contributed by atoms with van der Waals surface area (Å²) < 4.78 is 21.2. The molecule has 7 amide bonds. The zero-order valence-corrected chi connectivity index (χ0v) is 65.5. The molecule has 9 rings (SSSR count). The van der Waals surface area contributed by atoms with E-state index < -0.39 is 113 Å². The number of nitrogens with zero attached hydrogens (tertiary/aromatic N) is 3. The van der Waals surface area contributed by atoms with Crippen LogP contribution in [-0.4, -0.2) is 154 Å². The second-order valence-corrected chi connectivity index (χ2v) is 30.1. The van der Waals surface area contributed by atoms with Gasteiger partial charge in [0.15, 0.2) is 0 Å². The Morgan fingerprint density at radius 2 is 0.634 bits per heavy atom. The van der Waals surface area contributed by atoms with E-state index in [1.54, 1.807) is 0 Å². The lowest BCUT2D eigenvalue weighted by Gasteiger charge is -2.30. The van der Waals surface area contributed by atoms with Crippen LogP contribution in [-0.2, 0) is 116 Å². The third kappa shape index (κ3) is 29.3. The van der Waals surface area contributed by atoms with Gasteiger partial charge in [0.25, 0.3) is 0 Å². The standard InChI is InChI=1S/C30H38N2O6.C29H37N3O5.C29H36N2O6/c1-21(2)17-25(29(35)32-16-10-15-26(32)30(36)37-3)31-28(34)24(18-22-11-6-4-7-12-22)19-27(33)38-20-23-13-8-5-9-14-23;1-20(2)16-24(29(36)32-15-9-14-25(32)27(30)34)31-28(35)23(17-21-10-5-3-6-11-21)18-26(33)37-19-22-12-7-4-8-13-22;1-20(2)16-24(28(34)31-15-9-14-25(31)29(35)36)30-27(33)23(17-21-10-5-3-6-11-21)18-26(32)37-19-22-12-7-4-8-13-22/h4-9,11-14,21,24-26H,10,15-20H2,1-3H3,(H,31,34);3-8,10-13,20,23-25H,9,14-19H2,1-2H3,(H2,30,34)(H,31,35);3-8,10-13,20,23-25H,9,14-19H2,1-2H3,(H,30,33)(H,35,36)/t24-,25+,26+;2*23-,24+,25+/m111/s1. The van der Waals surface area contributed by atoms with E-state index in [4.69, 9.17) is 24.7 Å². The number of nitrogens with two attached hydrogens (primary N) is 1. The SMILES string of the molecule is CC(C)C[C@H](NC(=O)[C@@H](CC(=O)OCc1ccccc1)Cc1ccccc1)C(=O)N1CCC[C@H]1C(=O)O.CC(C)C[C@H](NC(=O)[C@@H](CC(=O)OCc1ccccc1)Cc1ccccc1)C(=O)N1CCC[C@H]1C(N)=O.COC(=O)[C@@H]1CCCN1C(=O)[C@H](CC(C)C)NC(=O)[C@@H](CC(=O)OCc1ccccc1)Cc1ccccc1. The summed E-state index contributed by atoms with van der Waals surface area (Å²) in [6.07, 6.45) is 5.18. The number of ether oxygens (including phenoxy) is 4. The maximum Gasteiger partial charge on any atom is 0.328 e. The number of rotatable bonds is 36. The van der Waals surface area contributed by atoms with Gasteiger partial charge in [0.1, 0.15) is 56.1 Å². The molecular formula is C88H111N7O17. The van der Waals surface area contributed by atoms with Gasteiger partial charge in [0.2, 0.25) is 41.4 Å². The summed E-state index contributed by atoms with van der Waals surface area (Å²) in [5.41, 5.74) is 10.8. The lowest BCUT2D eigenvalue weighted by molar-refractivity contribution is -0.152. The zero-order valence-electron chi connectivity index (χ0n) is 65.5. The first kappa shape index (κ1) is 88.2. The number of hydrogen-bond acceptors (Lipinski definition) is 16. The Morgan fingerprint density at radius 3 is 0.893 bits per heavy atom. The van der Waals surface area contributed by atoms with E-state index in [2.05, 4.69) is 16.0 Å². The van der Waals surface area contributed by atoms with Gasteiger partial charge in [-0.05, 0) is 128 Å². The highest BCUT2D eigenvalue weighted by molar-refractivity contribution is 5.95. The summed E-state index contributed by atoms with van der Waals surface area (Å²) >= 11 is 0. The van der Waals surface area contributed by atoms with Gasteiger partial charge in [0.05, 0.1) is 44.1 Å². The van der Waals surface area contributed by atoms with Gasteiger partial charge in [0, 0.05) is 19.6 Å². The monoisotopic (exact) mass is 1540 g/mol. The summed E-state index contributed by atoms with van der Waals surface area (Å²) in [4.78, 5) is 159. The van der Waals surface area contributed by atoms with Crippen molar-refractivity contribution in [1.29, 1.82) is 0 Å². The summed E-state index contributed by atoms with van der Waals surface area (Å²) in [6, 6.07) is 51.5. The minimum atomic E-state index is -1.04. The van der Waals surface area contributed by atoms with Gasteiger partial charge in [-0.25, -0.2) is 9.59 Å². The molecule has 3 fully saturated rings. The first-order chi connectivity index (χ1) is 53.8. The molecular weight excluding hydrogens is 1430 g/mol. The number of aliphatic carboxylic acids is 1. The van der Waals surface area contributed by atoms with Crippen LogP contribution in [0.2, 0.25) is 0 Å². The Hall–Kier alpha value is -11.0. The normalized spacial score (nSPS) is 16.7. The van der Waals surface area contributed by atoms with Gasteiger partial charge < -0.3 is 60.4 Å². The number of nitrogens with one attached hydrogen (secondary N) is 3. The number of likely N-dealkylation sites (tertiary alicyclic amines) is 3. The predicted molar refractivity (Wildman–Crippen MR) is 421 cm³/mol. The van der Waals surface area contributed by atoms with Crippen molar-refractivity contribution in [2.75, 3.05) is 26.7 Å². The Balaban J connectivity index is 0.000000233. The molecule has 6 aromatic rings. The second-order valence-electron chi connectivity index (χ2n) is 30.1. The molecule has 9 atom stereocenters. The van der Waals surface area contributed by atoms with Crippen LogP contribution in [0.1, 0.15) is 152 Å². The fraction of sp³-hybridized carbons (Fsp3) is 0.455. The lowest BCUT2D eigenvalue weighted by Crippen LogP contribution is -2.54. The highest BCUT2D eigenvalue weighted by Gasteiger charge is 2.42. The average molecular weight is 1540 g/mol. The zero-order chi connectivity index (χ0) is 81.1. The van der Waals surface area contributed by atoms with Gasteiger partial charge in [-0.2, -0.15) is 0 Å². The minimum Gasteiger partial charge on any atom is -0.480 e. The molecule has 3 aliphatic heterocycles. The van der Waals surface area contributed by atoms with Crippen LogP contribution < -0.4 is 21.7 Å². The molecule has 0 aromatic heterocycles. The van der Waals surface area contributed by atoms with Crippen molar-refractivity contribution < 1.29 is 81.6 Å². The van der Waals surface area contributed by atoms with Gasteiger partial charge in [-0.1, -0.05) is 224 Å². The summed E-state index contributed by atoms with van der Waals surface area (Å²) in [5, 5.41) is 18.2. The number of benzene rings is 6. The number of hydrogen-bond donors (Lipinski definition) is 5. The molecule has 0 spiro atoms. The van der Waals surface area contributed by atoms with E-state index in [1.807, 2.05) is 224 Å². The van der Waals surface area contributed by atoms with E-state index in [9.17, 15) is 62.6 Å². The van der Waals surface area contributed by atoms with Gasteiger partial charge >= 0.3 is 29.8 Å². The number of primary amides is 1. The Morgan fingerprint density at radius 1 is 0.384 bits per heavy atom. The quantitative estimate of drug-likeness (QED) is 0.0180. The molecule has 24 heteroatoms. The smallest absolute Gasteiger partial charge is 0.328 e. The molecule has 3 aliphatic rings. The van der Waals surface area contributed by atoms with Crippen LogP contribution in [0.4, 0.5) is 0 Å². The number of methoxy groups -OCH3 is 1. The molecule has 112 heavy (non-hydrogen) atoms. The van der Waals surface area contributed by atoms with Gasteiger partial charge in [-0.3, -0.25) is 47.9 Å². The summed E-state index contributed by atoms with van der Waals surface area (Å²) in [7, 11) is 1.31. The largest absolute Gasteiger partial charge is 0.480 e. The fourth-order valence-corrected chi connectivity index (χ4v) is 14.0. The van der Waals surface area contributed by atoms with Crippen molar-refractivity contribution in [3.63, 3.8) is 0 Å². The molecule has 3 heterocycles. The maximum atomic E-state index is 13.6. The Kier molecular flexibility index (Phi) is 36.2. The number of carboxylic acid groups (broad SMARTS) is 1. The molecule has 24 nitrogen and oxygen atoms in total. The molecule has 6 N–H and O–H groups in total. The molecule has 0 aliphatic carbocycles. The van der Waals surface area contributed by atoms with Crippen LogP contribution in [0.15, 0.2) is 182 Å². The number of esters is 4. The van der Waals surface area contributed by atoms with E-state index in [-0.39, 0.29) is 68.7 Å². The number of carbonyl (C=O) groups is 12. The first-order valence-electron chi connectivity index (χ1n) is 38.9. The Labute approximate surface area is 657 Å². The third-order valence-electron chi connectivity index (χ3n) is 19.7. The number of carboxylic acids is 1. The molecule has 3 saturated heterocycles. The van der Waals surface area contributed by atoms with Crippen molar-refractivity contribution >= 4 is 71.2 Å². The van der Waals surface area contributed by atoms with Crippen molar-refractivity contribution in [3.8, 4) is 0 Å². The average Bonchev–Trinajstić information content (AvgIpc) is 1.64. The van der Waals surface area contributed by atoms with Crippen molar-refractivity contribution in [1.82, 2.24) is 30.7 Å². The molecule has 0 radical (unpaired) electrons.